The second kappa shape index (κ2) is 507. The molecule has 0 aromatic rings. The van der Waals surface area contributed by atoms with Crippen LogP contribution in [-0.4, -0.2) is 20.4 Å². The third kappa shape index (κ3) is 343. The predicted molar refractivity (Wildman–Crippen MR) is 22.5 cm³/mol. The van der Waals surface area contributed by atoms with E-state index in [1.54, 1.807) is 0 Å². The molecule has 0 unspecified atom stereocenters. The molecule has 0 amide bonds. The summed E-state index contributed by atoms with van der Waals surface area (Å²) in [5.41, 5.74) is 0. The summed E-state index contributed by atoms with van der Waals surface area (Å²) in [5, 5.41) is 0. The van der Waals surface area contributed by atoms with Crippen LogP contribution in [0.5, 0.6) is 0 Å². The molecule has 0 aromatic heterocycles. The summed E-state index contributed by atoms with van der Waals surface area (Å²) in [6.07, 6.45) is 0. The van der Waals surface area contributed by atoms with E-state index in [-0.39, 0.29) is 52.8 Å². The van der Waals surface area contributed by atoms with Crippen LogP contribution in [0, 0.1) is 0 Å². The third-order valence-corrected chi connectivity index (χ3v) is 0. The number of hydrogen-bond donors (Lipinski definition) is 0. The summed E-state index contributed by atoms with van der Waals surface area (Å²) in [5.74, 6) is 0. The van der Waals surface area contributed by atoms with Gasteiger partial charge in [-0.15, -0.1) is 0 Å². The van der Waals surface area contributed by atoms with E-state index in [1.807, 2.05) is 20.4 Å². The molecule has 4 heteroatoms. The van der Waals surface area contributed by atoms with E-state index in [0.717, 1.165) is 0 Å². The Hall–Kier alpha value is 0.646. The van der Waals surface area contributed by atoms with Gasteiger partial charge in [0.2, 0.25) is 0 Å². The van der Waals surface area contributed by atoms with Crippen LogP contribution in [0.2, 0.25) is 0 Å². The molecule has 0 N–H and O–H groups in total. The average molecular weight is 130 g/mol. The molecule has 0 saturated carbocycles. The Kier molecular flexibility index (Phi) is 1840. The van der Waals surface area contributed by atoms with Gasteiger partial charge in [0.05, 0.1) is 0 Å². The molecule has 0 bridgehead atoms. The van der Waals surface area contributed by atoms with Crippen molar-refractivity contribution in [2.24, 2.45) is 0 Å². The maximum absolute atomic E-state index is 8.00. The fraction of sp³-hybridized carbons (Fsp3) is 0. The Bertz CT molecular complexity index is 19.2. The van der Waals surface area contributed by atoms with E-state index in [1.165, 1.54) is 0 Å². The number of carbonyl (C=O) groups excluding carboxylic acids is 3. The zero-order valence-corrected chi connectivity index (χ0v) is 7.47. The minimum absolute atomic E-state index is 0. The van der Waals surface area contributed by atoms with Crippen LogP contribution in [0.1, 0.15) is 1.43 Å². The van der Waals surface area contributed by atoms with Crippen LogP contribution < -0.4 is 51.4 Å². The van der Waals surface area contributed by atoms with Gasteiger partial charge < -0.3 is 15.8 Å². The van der Waals surface area contributed by atoms with E-state index in [2.05, 4.69) is 0 Å². The van der Waals surface area contributed by atoms with Crippen molar-refractivity contribution in [3.05, 3.63) is 0 Å². The van der Waals surface area contributed by atoms with Gasteiger partial charge in [0, 0.05) is 0 Å². The third-order valence-electron chi connectivity index (χ3n) is 0. The zero-order valence-electron chi connectivity index (χ0n) is 5.35. The molecule has 0 atom stereocenters. The van der Waals surface area contributed by atoms with Crippen molar-refractivity contribution in [2.45, 2.75) is 0 Å². The molecule has 0 aromatic carbocycles. The second-order valence-electron chi connectivity index (χ2n) is 0. The van der Waals surface area contributed by atoms with E-state index in [0.29, 0.717) is 0 Å². The Morgan fingerprint density at radius 1 is 0.714 bits per heavy atom. The first-order valence-corrected chi connectivity index (χ1v) is 0.866. The smallest absolute Gasteiger partial charge is 1.00 e. The maximum atomic E-state index is 8.00. The Labute approximate surface area is 86.4 Å². The molecule has 0 radical (unpaired) electrons. The number of rotatable bonds is 0. The van der Waals surface area contributed by atoms with Crippen molar-refractivity contribution in [3.8, 4) is 0 Å². The van der Waals surface area contributed by atoms with Crippen molar-refractivity contribution < 1.29 is 67.2 Å². The predicted octanol–water partition coefficient (Wildman–Crippen LogP) is -3.44. The average Bonchev–Trinajstić information content (AvgIpc) is 1.81. The van der Waals surface area contributed by atoms with Crippen LogP contribution in [0.3, 0.4) is 0 Å². The summed E-state index contributed by atoms with van der Waals surface area (Å²) < 4.78 is 0. The van der Waals surface area contributed by atoms with Crippen LogP contribution in [0.15, 0.2) is 0 Å². The molecule has 38 valence electrons. The van der Waals surface area contributed by atoms with E-state index < -0.39 is 0 Å². The van der Waals surface area contributed by atoms with Crippen molar-refractivity contribution in [1.82, 2.24) is 0 Å². The molecule has 0 saturated heterocycles. The SMILES string of the molecule is C=O.C=O.C=O.[H-].[K+]. The monoisotopic (exact) mass is 130 g/mol. The Morgan fingerprint density at radius 2 is 0.714 bits per heavy atom. The first-order chi connectivity index (χ1) is 3.00. The number of carbonyl (C=O) groups is 3. The largest absolute Gasteiger partial charge is 1.00 e. The first-order valence-electron chi connectivity index (χ1n) is 0.866. The van der Waals surface area contributed by atoms with Crippen LogP contribution in [-0.2, 0) is 14.4 Å². The summed E-state index contributed by atoms with van der Waals surface area (Å²) >= 11 is 0. The van der Waals surface area contributed by atoms with Crippen molar-refractivity contribution in [3.63, 3.8) is 0 Å². The van der Waals surface area contributed by atoms with Gasteiger partial charge in [-0.3, -0.25) is 0 Å². The van der Waals surface area contributed by atoms with Crippen molar-refractivity contribution in [2.75, 3.05) is 0 Å². The number of hydrogen-bond acceptors (Lipinski definition) is 3. The van der Waals surface area contributed by atoms with E-state index in [9.17, 15) is 0 Å². The van der Waals surface area contributed by atoms with Gasteiger partial charge in [0.1, 0.15) is 20.4 Å². The normalized spacial score (nSPS) is 1.71. The molecule has 0 spiro atoms. The van der Waals surface area contributed by atoms with Crippen LogP contribution in [0.4, 0.5) is 0 Å². The summed E-state index contributed by atoms with van der Waals surface area (Å²) in [4.78, 5) is 24.0. The fourth-order valence-corrected chi connectivity index (χ4v) is 0. The minimum Gasteiger partial charge on any atom is -1.00 e. The quantitative estimate of drug-likeness (QED) is 0.321. The van der Waals surface area contributed by atoms with E-state index >= 15 is 0 Å². The molecule has 0 heterocycles. The van der Waals surface area contributed by atoms with Gasteiger partial charge >= 0.3 is 51.4 Å². The maximum Gasteiger partial charge on any atom is 1.00 e. The second-order valence-corrected chi connectivity index (χ2v) is 0. The summed E-state index contributed by atoms with van der Waals surface area (Å²) in [6.45, 7) is 6.00. The Balaban J connectivity index is -0.00000000500. The fourth-order valence-electron chi connectivity index (χ4n) is 0. The first kappa shape index (κ1) is 25.4. The van der Waals surface area contributed by atoms with Gasteiger partial charge in [0.25, 0.3) is 0 Å². The molecule has 0 aliphatic carbocycles. The standard InChI is InChI=1S/3CH2O.K.H/c3*1-2;;/h3*1H2;;/q;;;+1;-1. The molecule has 0 rings (SSSR count). The molecule has 3 nitrogen and oxygen atoms in total. The van der Waals surface area contributed by atoms with Gasteiger partial charge in [-0.1, -0.05) is 0 Å². The van der Waals surface area contributed by atoms with E-state index in [4.69, 9.17) is 14.4 Å². The molecule has 0 aliphatic rings. The van der Waals surface area contributed by atoms with Gasteiger partial charge in [0.15, 0.2) is 0 Å². The molecule has 0 fully saturated rings. The summed E-state index contributed by atoms with van der Waals surface area (Å²) in [6, 6.07) is 0. The van der Waals surface area contributed by atoms with Crippen molar-refractivity contribution >= 4 is 20.4 Å². The Morgan fingerprint density at radius 3 is 0.714 bits per heavy atom. The topological polar surface area (TPSA) is 51.2 Å². The van der Waals surface area contributed by atoms with Gasteiger partial charge in [-0.2, -0.15) is 0 Å². The van der Waals surface area contributed by atoms with Crippen LogP contribution in [0.25, 0.3) is 0 Å². The minimum atomic E-state index is 0. The molecular formula is C3H7KO3. The van der Waals surface area contributed by atoms with Crippen LogP contribution >= 0.6 is 0 Å². The van der Waals surface area contributed by atoms with Gasteiger partial charge in [-0.05, 0) is 0 Å². The molecule has 7 heavy (non-hydrogen) atoms. The molecular weight excluding hydrogens is 123 g/mol. The summed E-state index contributed by atoms with van der Waals surface area (Å²) in [7, 11) is 0. The zero-order chi connectivity index (χ0) is 6.00. The molecule has 0 aliphatic heterocycles. The van der Waals surface area contributed by atoms with Gasteiger partial charge in [-0.25, -0.2) is 0 Å². The van der Waals surface area contributed by atoms with Crippen molar-refractivity contribution in [1.29, 1.82) is 0 Å².